The van der Waals surface area contributed by atoms with Gasteiger partial charge in [-0.3, -0.25) is 4.99 Å². The van der Waals surface area contributed by atoms with Crippen molar-refractivity contribution in [2.45, 2.75) is 26.9 Å². The number of nitrogens with zero attached hydrogens (tertiary/aromatic N) is 5. The largest absolute Gasteiger partial charge is 0.481 e. The van der Waals surface area contributed by atoms with Crippen molar-refractivity contribution in [3.8, 4) is 5.88 Å². The highest BCUT2D eigenvalue weighted by Crippen LogP contribution is 2.24. The van der Waals surface area contributed by atoms with Gasteiger partial charge in [-0.2, -0.15) is 0 Å². The van der Waals surface area contributed by atoms with Gasteiger partial charge in [0.05, 0.1) is 38.4 Å². The van der Waals surface area contributed by atoms with Crippen LogP contribution in [-0.4, -0.2) is 60.7 Å². The molecule has 3 rings (SSSR count). The molecule has 1 saturated heterocycles. The topological polar surface area (TPSA) is 111 Å². The molecule has 0 aliphatic carbocycles. The molecule has 9 heteroatoms. The maximum Gasteiger partial charge on any atom is 0.213 e. The van der Waals surface area contributed by atoms with E-state index >= 15 is 0 Å². The number of anilines is 3. The van der Waals surface area contributed by atoms with Crippen molar-refractivity contribution in [3.05, 3.63) is 35.8 Å². The first-order valence-electron chi connectivity index (χ1n) is 9.91. The van der Waals surface area contributed by atoms with E-state index in [-0.39, 0.29) is 6.17 Å². The first-order chi connectivity index (χ1) is 14.5. The van der Waals surface area contributed by atoms with Gasteiger partial charge in [0.15, 0.2) is 5.82 Å². The standard InChI is InChI=1S/C21H29N7O2/c1-14(2)17(13-23-15(3)22)21-26-18(25-16-5-6-20(29-4)24-12-16)11-19(27-21)28-7-9-30-10-8-28/h5-6,11-13,15H,7-10,22H2,1-4H3,(H,25,26,27)/b23-13-. The summed E-state index contributed by atoms with van der Waals surface area (Å²) in [6.45, 7) is 8.74. The highest BCUT2D eigenvalue weighted by Gasteiger charge is 2.17. The third-order valence-electron chi connectivity index (χ3n) is 4.48. The average Bonchev–Trinajstić information content (AvgIpc) is 2.74. The molecule has 0 bridgehead atoms. The molecule has 2 aromatic heterocycles. The lowest BCUT2D eigenvalue weighted by molar-refractivity contribution is 0.122. The lowest BCUT2D eigenvalue weighted by Gasteiger charge is -2.28. The Morgan fingerprint density at radius 2 is 2.07 bits per heavy atom. The minimum Gasteiger partial charge on any atom is -0.481 e. The van der Waals surface area contributed by atoms with Crippen molar-refractivity contribution in [2.24, 2.45) is 10.7 Å². The van der Waals surface area contributed by atoms with Gasteiger partial charge >= 0.3 is 0 Å². The third-order valence-corrected chi connectivity index (χ3v) is 4.48. The number of nitrogens with one attached hydrogen (secondary N) is 1. The van der Waals surface area contributed by atoms with E-state index in [1.165, 1.54) is 0 Å². The van der Waals surface area contributed by atoms with E-state index in [0.29, 0.717) is 30.7 Å². The molecule has 0 saturated carbocycles. The summed E-state index contributed by atoms with van der Waals surface area (Å²) in [7, 11) is 1.59. The minimum atomic E-state index is -0.301. The van der Waals surface area contributed by atoms with E-state index in [1.807, 2.05) is 32.9 Å². The number of pyridine rings is 1. The van der Waals surface area contributed by atoms with Crippen LogP contribution in [0.2, 0.25) is 0 Å². The highest BCUT2D eigenvalue weighted by atomic mass is 16.5. The molecule has 2 aromatic rings. The van der Waals surface area contributed by atoms with Gasteiger partial charge in [0.2, 0.25) is 5.88 Å². The van der Waals surface area contributed by atoms with Gasteiger partial charge in [0, 0.05) is 37.0 Å². The van der Waals surface area contributed by atoms with Crippen molar-refractivity contribution in [3.63, 3.8) is 0 Å². The Hall–Kier alpha value is -3.04. The molecule has 9 nitrogen and oxygen atoms in total. The van der Waals surface area contributed by atoms with Crippen LogP contribution in [0.15, 0.2) is 35.0 Å². The van der Waals surface area contributed by atoms with Gasteiger partial charge in [-0.05, 0) is 26.8 Å². The van der Waals surface area contributed by atoms with Crippen LogP contribution in [0.1, 0.15) is 26.6 Å². The van der Waals surface area contributed by atoms with E-state index in [2.05, 4.69) is 20.2 Å². The molecule has 160 valence electrons. The van der Waals surface area contributed by atoms with Gasteiger partial charge in [0.1, 0.15) is 11.6 Å². The van der Waals surface area contributed by atoms with Crippen LogP contribution in [0.4, 0.5) is 17.3 Å². The van der Waals surface area contributed by atoms with E-state index in [9.17, 15) is 0 Å². The highest BCUT2D eigenvalue weighted by molar-refractivity contribution is 6.09. The number of methoxy groups -OCH3 is 1. The van der Waals surface area contributed by atoms with Crippen molar-refractivity contribution < 1.29 is 9.47 Å². The lowest BCUT2D eigenvalue weighted by atomic mass is 10.1. The van der Waals surface area contributed by atoms with Gasteiger partial charge in [-0.15, -0.1) is 0 Å². The summed E-state index contributed by atoms with van der Waals surface area (Å²) >= 11 is 0. The Morgan fingerprint density at radius 1 is 1.30 bits per heavy atom. The maximum atomic E-state index is 5.81. The molecule has 0 spiro atoms. The van der Waals surface area contributed by atoms with Crippen molar-refractivity contribution in [1.82, 2.24) is 15.0 Å². The molecule has 30 heavy (non-hydrogen) atoms. The van der Waals surface area contributed by atoms with E-state index in [4.69, 9.17) is 25.2 Å². The number of allylic oxidation sites excluding steroid dienone is 2. The second kappa shape index (κ2) is 10.1. The number of hydrogen-bond acceptors (Lipinski definition) is 9. The van der Waals surface area contributed by atoms with Crippen LogP contribution in [0.5, 0.6) is 5.88 Å². The van der Waals surface area contributed by atoms with E-state index in [1.54, 1.807) is 25.6 Å². The molecular formula is C21H29N7O2. The molecular weight excluding hydrogens is 382 g/mol. The summed E-state index contributed by atoms with van der Waals surface area (Å²) in [5, 5.41) is 3.31. The molecule has 1 aliphatic rings. The molecule has 1 unspecified atom stereocenters. The fourth-order valence-electron chi connectivity index (χ4n) is 2.90. The van der Waals surface area contributed by atoms with Crippen LogP contribution in [0, 0.1) is 0 Å². The van der Waals surface area contributed by atoms with Gasteiger partial charge in [-0.1, -0.05) is 5.57 Å². The molecule has 3 N–H and O–H groups in total. The van der Waals surface area contributed by atoms with Gasteiger partial charge in [-0.25, -0.2) is 15.0 Å². The molecule has 0 amide bonds. The molecule has 1 fully saturated rings. The van der Waals surface area contributed by atoms with Crippen LogP contribution in [-0.2, 0) is 4.74 Å². The molecule has 1 aliphatic heterocycles. The fourth-order valence-corrected chi connectivity index (χ4v) is 2.90. The lowest BCUT2D eigenvalue weighted by Crippen LogP contribution is -2.37. The van der Waals surface area contributed by atoms with Gasteiger partial charge in [0.25, 0.3) is 0 Å². The zero-order valence-electron chi connectivity index (χ0n) is 17.9. The minimum absolute atomic E-state index is 0.301. The normalized spacial score (nSPS) is 15.2. The Kier molecular flexibility index (Phi) is 7.31. The van der Waals surface area contributed by atoms with Crippen LogP contribution in [0.25, 0.3) is 5.57 Å². The Balaban J connectivity index is 1.99. The van der Waals surface area contributed by atoms with Crippen LogP contribution < -0.4 is 20.7 Å². The number of aromatic nitrogens is 3. The number of hydrogen-bond donors (Lipinski definition) is 2. The Morgan fingerprint density at radius 3 is 2.67 bits per heavy atom. The van der Waals surface area contributed by atoms with Gasteiger partial charge < -0.3 is 25.4 Å². The summed E-state index contributed by atoms with van der Waals surface area (Å²) in [5.74, 6) is 2.64. The second-order valence-electron chi connectivity index (χ2n) is 7.18. The Labute approximate surface area is 177 Å². The van der Waals surface area contributed by atoms with Crippen molar-refractivity contribution in [2.75, 3.05) is 43.6 Å². The molecule has 0 radical (unpaired) electrons. The van der Waals surface area contributed by atoms with E-state index < -0.39 is 0 Å². The van der Waals surface area contributed by atoms with Crippen LogP contribution >= 0.6 is 0 Å². The number of aliphatic imine (C=N–C) groups is 1. The quantitative estimate of drug-likeness (QED) is 0.669. The third kappa shape index (κ3) is 5.74. The number of morpholine rings is 1. The summed E-state index contributed by atoms with van der Waals surface area (Å²) < 4.78 is 10.6. The van der Waals surface area contributed by atoms with Crippen molar-refractivity contribution in [1.29, 1.82) is 0 Å². The summed E-state index contributed by atoms with van der Waals surface area (Å²) in [5.41, 5.74) is 8.51. The smallest absolute Gasteiger partial charge is 0.213 e. The summed E-state index contributed by atoms with van der Waals surface area (Å²) in [4.78, 5) is 20.3. The number of rotatable bonds is 7. The first kappa shape index (κ1) is 21.7. The molecule has 0 aromatic carbocycles. The number of nitrogens with two attached hydrogens (primary N) is 1. The predicted octanol–water partition coefficient (Wildman–Crippen LogP) is 2.63. The monoisotopic (exact) mass is 411 g/mol. The zero-order chi connectivity index (χ0) is 21.5. The Bertz CT molecular complexity index is 900. The first-order valence-corrected chi connectivity index (χ1v) is 9.91. The predicted molar refractivity (Wildman–Crippen MR) is 120 cm³/mol. The number of ether oxygens (including phenoxy) is 2. The zero-order valence-corrected chi connectivity index (χ0v) is 17.9. The maximum absolute atomic E-state index is 5.81. The van der Waals surface area contributed by atoms with E-state index in [0.717, 1.165) is 35.7 Å². The SMILES string of the molecule is COc1ccc(Nc2cc(N3CCOCC3)nc(C(/C=N\C(C)N)=C(C)C)n2)cn1. The molecule has 1 atom stereocenters. The molecule has 3 heterocycles. The summed E-state index contributed by atoms with van der Waals surface area (Å²) in [6.07, 6.45) is 3.15. The fraction of sp³-hybridized carbons (Fsp3) is 0.429. The summed E-state index contributed by atoms with van der Waals surface area (Å²) in [6, 6.07) is 5.62. The van der Waals surface area contributed by atoms with Crippen molar-refractivity contribution >= 4 is 29.1 Å². The van der Waals surface area contributed by atoms with Crippen LogP contribution in [0.3, 0.4) is 0 Å². The second-order valence-corrected chi connectivity index (χ2v) is 7.18. The average molecular weight is 412 g/mol.